The molecule has 1 aliphatic rings. The fourth-order valence-electron chi connectivity index (χ4n) is 3.78. The largest absolute Gasteiger partial charge is 0.460 e. The Bertz CT molecular complexity index is 446. The predicted octanol–water partition coefficient (Wildman–Crippen LogP) is 4.28. The minimum Gasteiger partial charge on any atom is -0.460 e. The molecule has 1 fully saturated rings. The SMILES string of the molecule is CC(C)(C)OC(=O)CC1CC(CCN)O[Si](C(C)(C)C)(C(C)(C)C)O1. The first-order valence-corrected chi connectivity index (χ1v) is 11.2. The van der Waals surface area contributed by atoms with Gasteiger partial charge in [0.15, 0.2) is 0 Å². The highest BCUT2D eigenvalue weighted by Crippen LogP contribution is 2.55. The van der Waals surface area contributed by atoms with E-state index in [0.717, 1.165) is 6.42 Å². The first-order valence-electron chi connectivity index (χ1n) is 9.39. The zero-order valence-electron chi connectivity index (χ0n) is 17.7. The van der Waals surface area contributed by atoms with Gasteiger partial charge in [-0.25, -0.2) is 0 Å². The van der Waals surface area contributed by atoms with E-state index in [4.69, 9.17) is 19.3 Å². The molecule has 1 saturated heterocycles. The molecule has 0 spiro atoms. The van der Waals surface area contributed by atoms with Gasteiger partial charge in [-0.05, 0) is 40.2 Å². The molecule has 2 unspecified atom stereocenters. The van der Waals surface area contributed by atoms with Crippen molar-refractivity contribution in [2.75, 3.05) is 6.54 Å². The topological polar surface area (TPSA) is 70.8 Å². The van der Waals surface area contributed by atoms with Crippen LogP contribution in [0.2, 0.25) is 10.1 Å². The lowest BCUT2D eigenvalue weighted by Crippen LogP contribution is -2.64. The van der Waals surface area contributed by atoms with E-state index in [1.807, 2.05) is 20.8 Å². The summed E-state index contributed by atoms with van der Waals surface area (Å²) in [5.41, 5.74) is 5.31. The highest BCUT2D eigenvalue weighted by Gasteiger charge is 2.62. The third-order valence-corrected chi connectivity index (χ3v) is 9.75. The van der Waals surface area contributed by atoms with Crippen molar-refractivity contribution >= 4 is 14.5 Å². The molecule has 0 saturated carbocycles. The van der Waals surface area contributed by atoms with Crippen molar-refractivity contribution in [2.24, 2.45) is 5.73 Å². The summed E-state index contributed by atoms with van der Waals surface area (Å²) >= 11 is 0. The molecule has 5 nitrogen and oxygen atoms in total. The van der Waals surface area contributed by atoms with Gasteiger partial charge in [-0.15, -0.1) is 0 Å². The van der Waals surface area contributed by atoms with E-state index in [2.05, 4.69) is 41.5 Å². The van der Waals surface area contributed by atoms with Gasteiger partial charge in [0, 0.05) is 10.1 Å². The summed E-state index contributed by atoms with van der Waals surface area (Å²) < 4.78 is 18.8. The average Bonchev–Trinajstić information content (AvgIpc) is 2.33. The van der Waals surface area contributed by atoms with E-state index in [9.17, 15) is 4.79 Å². The van der Waals surface area contributed by atoms with Gasteiger partial charge < -0.3 is 19.3 Å². The molecule has 1 heterocycles. The molecule has 0 radical (unpaired) electrons. The molecule has 25 heavy (non-hydrogen) atoms. The minimum absolute atomic E-state index is 0.0382. The van der Waals surface area contributed by atoms with Crippen LogP contribution in [0.4, 0.5) is 0 Å². The van der Waals surface area contributed by atoms with Crippen LogP contribution in [0, 0.1) is 0 Å². The molecule has 0 aromatic rings. The van der Waals surface area contributed by atoms with E-state index >= 15 is 0 Å². The van der Waals surface area contributed by atoms with Crippen LogP contribution < -0.4 is 5.73 Å². The van der Waals surface area contributed by atoms with Crippen LogP contribution in [-0.4, -0.2) is 38.9 Å². The molecule has 1 aliphatic heterocycles. The maximum absolute atomic E-state index is 12.3. The lowest BCUT2D eigenvalue weighted by Gasteiger charge is -2.55. The molecular weight excluding hydrogens is 334 g/mol. The first kappa shape index (κ1) is 22.6. The monoisotopic (exact) mass is 373 g/mol. The van der Waals surface area contributed by atoms with E-state index < -0.39 is 14.2 Å². The van der Waals surface area contributed by atoms with Gasteiger partial charge in [0.25, 0.3) is 0 Å². The molecular formula is C19H39NO4Si. The maximum Gasteiger partial charge on any atom is 0.349 e. The fourth-order valence-corrected chi connectivity index (χ4v) is 8.83. The van der Waals surface area contributed by atoms with Crippen molar-refractivity contribution in [2.45, 2.75) is 109 Å². The molecule has 0 bridgehead atoms. The third kappa shape index (κ3) is 5.78. The molecule has 2 N–H and O–H groups in total. The quantitative estimate of drug-likeness (QED) is 0.588. The second-order valence-corrected chi connectivity index (χ2v) is 14.9. The fraction of sp³-hybridized carbons (Fsp3) is 0.947. The Morgan fingerprint density at radius 2 is 1.48 bits per heavy atom. The zero-order chi connectivity index (χ0) is 19.7. The number of nitrogens with two attached hydrogens (primary N) is 1. The summed E-state index contributed by atoms with van der Waals surface area (Å²) in [4.78, 5) is 12.3. The lowest BCUT2D eigenvalue weighted by atomic mass is 10.1. The summed E-state index contributed by atoms with van der Waals surface area (Å²) in [5.74, 6) is -0.211. The normalized spacial score (nSPS) is 24.9. The second-order valence-electron chi connectivity index (χ2n) is 10.2. The third-order valence-electron chi connectivity index (χ3n) is 4.47. The molecule has 0 amide bonds. The van der Waals surface area contributed by atoms with E-state index in [0.29, 0.717) is 13.0 Å². The Balaban J connectivity index is 3.09. The van der Waals surface area contributed by atoms with E-state index in [1.165, 1.54) is 0 Å². The van der Waals surface area contributed by atoms with Gasteiger partial charge in [-0.3, -0.25) is 4.79 Å². The van der Waals surface area contributed by atoms with Crippen LogP contribution in [0.15, 0.2) is 0 Å². The molecule has 2 atom stereocenters. The number of carbonyl (C=O) groups excluding carboxylic acids is 1. The van der Waals surface area contributed by atoms with Crippen LogP contribution in [0.1, 0.15) is 81.6 Å². The number of ether oxygens (including phenoxy) is 1. The van der Waals surface area contributed by atoms with Crippen LogP contribution in [0.3, 0.4) is 0 Å². The van der Waals surface area contributed by atoms with Crippen molar-refractivity contribution in [3.63, 3.8) is 0 Å². The van der Waals surface area contributed by atoms with Gasteiger partial charge in [0.2, 0.25) is 0 Å². The smallest absolute Gasteiger partial charge is 0.349 e. The Labute approximate surface area is 155 Å². The van der Waals surface area contributed by atoms with Gasteiger partial charge >= 0.3 is 14.5 Å². The average molecular weight is 374 g/mol. The molecule has 6 heteroatoms. The summed E-state index contributed by atoms with van der Waals surface area (Å²) in [7, 11) is -2.64. The van der Waals surface area contributed by atoms with Crippen molar-refractivity contribution < 1.29 is 18.4 Å². The molecule has 1 rings (SSSR count). The number of hydrogen-bond acceptors (Lipinski definition) is 5. The Kier molecular flexibility index (Phi) is 6.93. The molecule has 0 aromatic heterocycles. The van der Waals surface area contributed by atoms with Gasteiger partial charge in [0.05, 0.1) is 18.6 Å². The van der Waals surface area contributed by atoms with Crippen molar-refractivity contribution in [1.82, 2.24) is 0 Å². The van der Waals surface area contributed by atoms with Crippen molar-refractivity contribution in [3.8, 4) is 0 Å². The molecule has 148 valence electrons. The highest BCUT2D eigenvalue weighted by atomic mass is 28.4. The van der Waals surface area contributed by atoms with Gasteiger partial charge in [-0.1, -0.05) is 41.5 Å². The van der Waals surface area contributed by atoms with E-state index in [-0.39, 0.29) is 34.7 Å². The number of hydrogen-bond donors (Lipinski definition) is 1. The summed E-state index contributed by atoms with van der Waals surface area (Å²) in [6.45, 7) is 19.3. The molecule has 0 aromatic carbocycles. The number of esters is 1. The zero-order valence-corrected chi connectivity index (χ0v) is 18.7. The predicted molar refractivity (Wildman–Crippen MR) is 104 cm³/mol. The van der Waals surface area contributed by atoms with Crippen LogP contribution in [0.25, 0.3) is 0 Å². The molecule has 0 aliphatic carbocycles. The summed E-state index contributed by atoms with van der Waals surface area (Å²) in [6, 6.07) is 0. The maximum atomic E-state index is 12.3. The minimum atomic E-state index is -2.64. The number of rotatable bonds is 4. The van der Waals surface area contributed by atoms with Crippen LogP contribution >= 0.6 is 0 Å². The lowest BCUT2D eigenvalue weighted by molar-refractivity contribution is -0.158. The van der Waals surface area contributed by atoms with E-state index in [1.54, 1.807) is 0 Å². The standard InChI is InChI=1S/C19H39NO4Si/c1-17(2,3)22-16(21)13-15-12-14(10-11-20)23-25(24-15,18(4,5)6)19(7,8)9/h14-15H,10-13,20H2,1-9H3. The van der Waals surface area contributed by atoms with Crippen molar-refractivity contribution in [1.29, 1.82) is 0 Å². The van der Waals surface area contributed by atoms with Crippen LogP contribution in [0.5, 0.6) is 0 Å². The Hall–Kier alpha value is -0.433. The first-order chi connectivity index (χ1) is 11.1. The van der Waals surface area contributed by atoms with Crippen LogP contribution in [-0.2, 0) is 18.4 Å². The summed E-state index contributed by atoms with van der Waals surface area (Å²) in [6.07, 6.45) is 1.61. The Morgan fingerprint density at radius 3 is 1.88 bits per heavy atom. The number of carbonyl (C=O) groups is 1. The Morgan fingerprint density at radius 1 is 1.00 bits per heavy atom. The second kappa shape index (κ2) is 7.67. The highest BCUT2D eigenvalue weighted by molar-refractivity contribution is 6.73. The summed E-state index contributed by atoms with van der Waals surface area (Å²) in [5, 5.41) is -0.241. The van der Waals surface area contributed by atoms with Gasteiger partial charge in [0.1, 0.15) is 5.60 Å². The van der Waals surface area contributed by atoms with Gasteiger partial charge in [-0.2, -0.15) is 0 Å². The van der Waals surface area contributed by atoms with Crippen molar-refractivity contribution in [3.05, 3.63) is 0 Å².